The lowest BCUT2D eigenvalue weighted by atomic mass is 10.1. The van der Waals surface area contributed by atoms with Gasteiger partial charge in [0.25, 0.3) is 5.91 Å². The molecular formula is C12H18FIN6O. The quantitative estimate of drug-likeness (QED) is 0.321. The maximum absolute atomic E-state index is 14.0. The zero-order chi connectivity index (χ0) is 15.2. The average Bonchev–Trinajstić information content (AvgIpc) is 2.94. The third-order valence-corrected chi connectivity index (χ3v) is 3.62. The number of allylic oxidation sites excluding steroid dienone is 3. The first-order valence-electron chi connectivity index (χ1n) is 6.53. The molecule has 7 nitrogen and oxygen atoms in total. The third-order valence-electron chi connectivity index (χ3n) is 2.99. The molecule has 5 N–H and O–H groups in total. The molecule has 0 aliphatic carbocycles. The van der Waals surface area contributed by atoms with Crippen LogP contribution in [0.2, 0.25) is 0 Å². The molecular weight excluding hydrogens is 390 g/mol. The van der Waals surface area contributed by atoms with E-state index in [1.54, 1.807) is 13.2 Å². The van der Waals surface area contributed by atoms with E-state index in [2.05, 4.69) is 49.7 Å². The van der Waals surface area contributed by atoms with Gasteiger partial charge in [-0.15, -0.1) is 5.53 Å². The van der Waals surface area contributed by atoms with Crippen LogP contribution >= 0.6 is 22.6 Å². The number of hydrogen-bond donors (Lipinski definition) is 5. The van der Waals surface area contributed by atoms with E-state index in [4.69, 9.17) is 0 Å². The predicted molar refractivity (Wildman–Crippen MR) is 85.7 cm³/mol. The number of nitrogens with one attached hydrogen (secondary N) is 5. The normalized spacial score (nSPS) is 18.6. The van der Waals surface area contributed by atoms with Crippen LogP contribution in [0.3, 0.4) is 0 Å². The molecule has 2 aliphatic rings. The van der Waals surface area contributed by atoms with Gasteiger partial charge in [-0.1, -0.05) is 0 Å². The van der Waals surface area contributed by atoms with Crippen molar-refractivity contribution in [1.29, 1.82) is 0 Å². The number of rotatable bonds is 6. The van der Waals surface area contributed by atoms with Gasteiger partial charge in [-0.05, 0) is 47.6 Å². The summed E-state index contributed by atoms with van der Waals surface area (Å²) in [5.74, 6) is -0.246. The lowest BCUT2D eigenvalue weighted by molar-refractivity contribution is -0.117. The molecule has 0 aromatic heterocycles. The largest absolute Gasteiger partial charge is 0.354 e. The van der Waals surface area contributed by atoms with Crippen LogP contribution < -0.4 is 27.1 Å². The molecule has 21 heavy (non-hydrogen) atoms. The van der Waals surface area contributed by atoms with Gasteiger partial charge in [-0.3, -0.25) is 20.7 Å². The van der Waals surface area contributed by atoms with Gasteiger partial charge >= 0.3 is 0 Å². The summed E-state index contributed by atoms with van der Waals surface area (Å²) in [7, 11) is 1.54. The zero-order valence-electron chi connectivity index (χ0n) is 11.5. The minimum atomic E-state index is -1.01. The van der Waals surface area contributed by atoms with Gasteiger partial charge in [-0.2, -0.15) is 0 Å². The van der Waals surface area contributed by atoms with Crippen molar-refractivity contribution in [2.45, 2.75) is 19.0 Å². The smallest absolute Gasteiger partial charge is 0.270 e. The van der Waals surface area contributed by atoms with Gasteiger partial charge in [0, 0.05) is 18.9 Å². The summed E-state index contributed by atoms with van der Waals surface area (Å²) in [6.07, 6.45) is 5.42. The van der Waals surface area contributed by atoms with Crippen LogP contribution in [0.5, 0.6) is 0 Å². The second-order valence-electron chi connectivity index (χ2n) is 4.60. The minimum absolute atomic E-state index is 0.168. The molecule has 0 aromatic rings. The fraction of sp³-hybridized carbons (Fsp3) is 0.417. The van der Waals surface area contributed by atoms with Crippen LogP contribution in [0.15, 0.2) is 33.4 Å². The zero-order valence-corrected chi connectivity index (χ0v) is 13.7. The molecule has 0 saturated heterocycles. The van der Waals surface area contributed by atoms with Crippen molar-refractivity contribution >= 4 is 28.5 Å². The molecule has 1 amide bonds. The average molecular weight is 408 g/mol. The molecule has 0 aromatic carbocycles. The summed E-state index contributed by atoms with van der Waals surface area (Å²) >= 11 is 2.16. The summed E-state index contributed by atoms with van der Waals surface area (Å²) in [6, 6.07) is 0. The van der Waals surface area contributed by atoms with Crippen molar-refractivity contribution in [3.63, 3.8) is 0 Å². The number of alkyl halides is 1. The molecule has 2 rings (SSSR count). The molecule has 0 fully saturated rings. The van der Waals surface area contributed by atoms with E-state index in [-0.39, 0.29) is 12.5 Å². The topological polar surface area (TPSA) is 80.5 Å². The maximum atomic E-state index is 14.0. The van der Waals surface area contributed by atoms with Crippen molar-refractivity contribution < 1.29 is 9.18 Å². The van der Waals surface area contributed by atoms with E-state index in [0.29, 0.717) is 18.5 Å². The van der Waals surface area contributed by atoms with Crippen LogP contribution in [0.1, 0.15) is 12.8 Å². The Balaban J connectivity index is 1.74. The molecule has 0 spiro atoms. The first-order valence-corrected chi connectivity index (χ1v) is 7.61. The summed E-state index contributed by atoms with van der Waals surface area (Å²) in [5, 5.41) is 4.02. The van der Waals surface area contributed by atoms with Crippen molar-refractivity contribution in [2.24, 2.45) is 0 Å². The van der Waals surface area contributed by atoms with E-state index in [1.807, 2.05) is 12.2 Å². The molecule has 9 heteroatoms. The Labute approximate surface area is 136 Å². The Bertz CT molecular complexity index is 492. The van der Waals surface area contributed by atoms with Crippen LogP contribution in [0.25, 0.3) is 0 Å². The van der Waals surface area contributed by atoms with Gasteiger partial charge in [0.05, 0.1) is 10.2 Å². The van der Waals surface area contributed by atoms with Crippen LogP contribution in [0.4, 0.5) is 4.39 Å². The lowest BCUT2D eigenvalue weighted by Crippen LogP contribution is -2.41. The van der Waals surface area contributed by atoms with Crippen molar-refractivity contribution in [1.82, 2.24) is 32.1 Å². The number of amides is 1. The van der Waals surface area contributed by atoms with E-state index in [9.17, 15) is 9.18 Å². The van der Waals surface area contributed by atoms with Crippen LogP contribution in [-0.2, 0) is 4.79 Å². The predicted octanol–water partition coefficient (Wildman–Crippen LogP) is 0.285. The number of carbonyl (C=O) groups excluding carboxylic acids is 1. The Morgan fingerprint density at radius 1 is 1.43 bits per heavy atom. The van der Waals surface area contributed by atoms with Crippen LogP contribution in [-0.4, -0.2) is 30.7 Å². The summed E-state index contributed by atoms with van der Waals surface area (Å²) in [4.78, 5) is 11.4. The number of likely N-dealkylation sites (N-methyl/N-ethyl adjacent to an activating group) is 1. The molecule has 0 saturated carbocycles. The second kappa shape index (κ2) is 7.50. The molecule has 1 atom stereocenters. The third kappa shape index (κ3) is 4.77. The fourth-order valence-electron chi connectivity index (χ4n) is 1.86. The highest BCUT2D eigenvalue weighted by atomic mass is 127. The van der Waals surface area contributed by atoms with Gasteiger partial charge in [0.1, 0.15) is 11.9 Å². The fourth-order valence-corrected chi connectivity index (χ4v) is 2.18. The van der Waals surface area contributed by atoms with E-state index < -0.39 is 6.17 Å². The Hall–Kier alpha value is -1.49. The number of hydrogen-bond acceptors (Lipinski definition) is 6. The number of halogens is 2. The van der Waals surface area contributed by atoms with E-state index in [0.717, 1.165) is 9.40 Å². The number of carbonyl (C=O) groups is 1. The Morgan fingerprint density at radius 2 is 2.24 bits per heavy atom. The SMILES string of the molecule is CNC(=O)C1=CN(C[C@H](F)CCC2=CC=C(I)NN2)NN1. The lowest BCUT2D eigenvalue weighted by Gasteiger charge is -2.20. The van der Waals surface area contributed by atoms with Gasteiger partial charge in [0.2, 0.25) is 0 Å². The monoisotopic (exact) mass is 408 g/mol. The first kappa shape index (κ1) is 15.9. The van der Waals surface area contributed by atoms with Crippen LogP contribution in [0, 0.1) is 0 Å². The highest BCUT2D eigenvalue weighted by Gasteiger charge is 2.19. The van der Waals surface area contributed by atoms with E-state index in [1.165, 1.54) is 5.01 Å². The summed E-state index contributed by atoms with van der Waals surface area (Å²) in [5.41, 5.74) is 12.7. The Kier molecular flexibility index (Phi) is 5.67. The highest BCUT2D eigenvalue weighted by Crippen LogP contribution is 2.14. The first-order chi connectivity index (χ1) is 10.1. The standard InChI is InChI=1S/C12H18FIN6O/c1-15-12(21)10-7-20(19-17-10)6-8(13)2-3-9-4-5-11(14)18-16-9/h4-5,7-8,16-19H,2-3,6H2,1H3,(H,15,21)/t8-/m1/s1. The van der Waals surface area contributed by atoms with Crippen molar-refractivity contribution in [3.05, 3.63) is 33.4 Å². The van der Waals surface area contributed by atoms with Crippen molar-refractivity contribution in [3.8, 4) is 0 Å². The summed E-state index contributed by atoms with van der Waals surface area (Å²) < 4.78 is 15.0. The van der Waals surface area contributed by atoms with E-state index >= 15 is 0 Å². The highest BCUT2D eigenvalue weighted by molar-refractivity contribution is 14.1. The van der Waals surface area contributed by atoms with Gasteiger partial charge in [-0.25, -0.2) is 4.39 Å². The molecule has 0 bridgehead atoms. The molecule has 116 valence electrons. The second-order valence-corrected chi connectivity index (χ2v) is 5.77. The Morgan fingerprint density at radius 3 is 2.90 bits per heavy atom. The summed E-state index contributed by atoms with van der Waals surface area (Å²) in [6.45, 7) is 0.168. The molecule has 2 heterocycles. The van der Waals surface area contributed by atoms with Gasteiger partial charge < -0.3 is 10.7 Å². The van der Waals surface area contributed by atoms with Crippen molar-refractivity contribution in [2.75, 3.05) is 13.6 Å². The number of hydrazine groups is 3. The molecule has 0 radical (unpaired) electrons. The minimum Gasteiger partial charge on any atom is -0.354 e. The molecule has 2 aliphatic heterocycles. The molecule has 0 unspecified atom stereocenters. The van der Waals surface area contributed by atoms with Gasteiger partial charge in [0.15, 0.2) is 0 Å². The number of nitrogens with zero attached hydrogens (tertiary/aromatic N) is 1. The maximum Gasteiger partial charge on any atom is 0.270 e.